The number of benzene rings is 1. The maximum atomic E-state index is 10.0. The van der Waals surface area contributed by atoms with Crippen molar-refractivity contribution in [3.63, 3.8) is 0 Å². The molecule has 0 aliphatic rings. The van der Waals surface area contributed by atoms with E-state index in [1.807, 2.05) is 13.0 Å². The van der Waals surface area contributed by atoms with Crippen LogP contribution >= 0.6 is 23.2 Å². The lowest BCUT2D eigenvalue weighted by atomic mass is 10.1. The van der Waals surface area contributed by atoms with Gasteiger partial charge in [0.1, 0.15) is 12.4 Å². The minimum atomic E-state index is -0.885. The minimum absolute atomic E-state index is 0.177. The Labute approximate surface area is 136 Å². The maximum Gasteiger partial charge on any atom is 0.142 e. The van der Waals surface area contributed by atoms with E-state index < -0.39 is 5.60 Å². The molecule has 0 spiro atoms. The van der Waals surface area contributed by atoms with E-state index in [-0.39, 0.29) is 6.61 Å². The number of rotatable bonds is 9. The third-order valence-corrected chi connectivity index (χ3v) is 3.67. The normalized spacial score (nSPS) is 14.0. The zero-order valence-electron chi connectivity index (χ0n) is 12.7. The van der Waals surface area contributed by atoms with Gasteiger partial charge in [0.25, 0.3) is 0 Å². The fraction of sp³-hybridized carbons (Fsp3) is 0.600. The Morgan fingerprint density at radius 3 is 2.67 bits per heavy atom. The Balaban J connectivity index is 2.80. The number of ether oxygens (including phenoxy) is 2. The second-order valence-corrected chi connectivity index (χ2v) is 6.03. The number of halogens is 2. The summed E-state index contributed by atoms with van der Waals surface area (Å²) < 4.78 is 10.7. The number of methoxy groups -OCH3 is 1. The van der Waals surface area contributed by atoms with Gasteiger partial charge in [-0.2, -0.15) is 0 Å². The number of hydrogen-bond donors (Lipinski definition) is 2. The maximum absolute atomic E-state index is 10.0. The molecule has 0 aromatic heterocycles. The van der Waals surface area contributed by atoms with Crippen LogP contribution in [0, 0.1) is 0 Å². The molecule has 0 fully saturated rings. The predicted molar refractivity (Wildman–Crippen MR) is 86.5 cm³/mol. The van der Waals surface area contributed by atoms with E-state index in [2.05, 4.69) is 5.32 Å². The summed E-state index contributed by atoms with van der Waals surface area (Å²) in [6.45, 7) is 5.71. The highest BCUT2D eigenvalue weighted by Crippen LogP contribution is 2.33. The molecule has 0 saturated heterocycles. The van der Waals surface area contributed by atoms with Crippen molar-refractivity contribution in [2.45, 2.75) is 32.4 Å². The van der Waals surface area contributed by atoms with Crippen LogP contribution in [0.3, 0.4) is 0 Å². The van der Waals surface area contributed by atoms with E-state index in [0.717, 1.165) is 5.56 Å². The fourth-order valence-electron chi connectivity index (χ4n) is 1.63. The Morgan fingerprint density at radius 2 is 2.05 bits per heavy atom. The zero-order valence-corrected chi connectivity index (χ0v) is 14.2. The van der Waals surface area contributed by atoms with Crippen LogP contribution < -0.4 is 10.1 Å². The van der Waals surface area contributed by atoms with Crippen molar-refractivity contribution in [3.05, 3.63) is 27.7 Å². The molecule has 0 bridgehead atoms. The number of hydrogen-bond acceptors (Lipinski definition) is 4. The van der Waals surface area contributed by atoms with E-state index in [1.54, 1.807) is 20.1 Å². The molecule has 4 nitrogen and oxygen atoms in total. The summed E-state index contributed by atoms with van der Waals surface area (Å²) in [5, 5.41) is 14.3. The molecule has 1 aromatic rings. The van der Waals surface area contributed by atoms with E-state index in [0.29, 0.717) is 41.9 Å². The quantitative estimate of drug-likeness (QED) is 0.680. The van der Waals surface area contributed by atoms with Gasteiger partial charge in [-0.15, -0.1) is 0 Å². The largest absolute Gasteiger partial charge is 0.489 e. The van der Waals surface area contributed by atoms with E-state index in [1.165, 1.54) is 0 Å². The Hall–Kier alpha value is -0.520. The highest BCUT2D eigenvalue weighted by atomic mass is 35.5. The summed E-state index contributed by atoms with van der Waals surface area (Å²) in [6.07, 6.45) is 0.597. The van der Waals surface area contributed by atoms with Gasteiger partial charge >= 0.3 is 0 Å². The minimum Gasteiger partial charge on any atom is -0.489 e. The van der Waals surface area contributed by atoms with E-state index >= 15 is 0 Å². The van der Waals surface area contributed by atoms with Crippen molar-refractivity contribution in [1.82, 2.24) is 5.32 Å². The van der Waals surface area contributed by atoms with Crippen LogP contribution in [0.2, 0.25) is 10.0 Å². The lowest BCUT2D eigenvalue weighted by molar-refractivity contribution is 0.00819. The molecular formula is C15H23Cl2NO3. The molecule has 120 valence electrons. The smallest absolute Gasteiger partial charge is 0.142 e. The molecule has 0 aliphatic carbocycles. The van der Waals surface area contributed by atoms with Gasteiger partial charge in [-0.25, -0.2) is 0 Å². The summed E-state index contributed by atoms with van der Waals surface area (Å²) in [4.78, 5) is 0. The average molecular weight is 336 g/mol. The molecule has 21 heavy (non-hydrogen) atoms. The van der Waals surface area contributed by atoms with Crippen LogP contribution in [0.25, 0.3) is 0 Å². The highest BCUT2D eigenvalue weighted by molar-refractivity contribution is 6.35. The van der Waals surface area contributed by atoms with Crippen molar-refractivity contribution >= 4 is 23.2 Å². The van der Waals surface area contributed by atoms with Gasteiger partial charge in [0.05, 0.1) is 17.2 Å². The van der Waals surface area contributed by atoms with Crippen molar-refractivity contribution in [1.29, 1.82) is 0 Å². The molecule has 1 atom stereocenters. The molecule has 0 radical (unpaired) electrons. The molecule has 2 N–H and O–H groups in total. The molecule has 6 heteroatoms. The number of aliphatic hydroxyl groups is 1. The topological polar surface area (TPSA) is 50.7 Å². The summed E-state index contributed by atoms with van der Waals surface area (Å²) in [6, 6.07) is 3.45. The van der Waals surface area contributed by atoms with Crippen LogP contribution in [-0.2, 0) is 11.3 Å². The van der Waals surface area contributed by atoms with Crippen LogP contribution in [0.4, 0.5) is 0 Å². The monoisotopic (exact) mass is 335 g/mol. The molecule has 0 aliphatic heterocycles. The van der Waals surface area contributed by atoms with Crippen LogP contribution in [-0.4, -0.2) is 37.6 Å². The standard InChI is InChI=1S/C15H23Cl2NO3/c1-4-15(2,19)10-21-14-11(9-18-5-6-20-3)7-12(16)8-13(14)17/h7-8,18-19H,4-6,9-10H2,1-3H3. The molecule has 1 aromatic carbocycles. The molecule has 0 amide bonds. The molecule has 1 rings (SSSR count). The van der Waals surface area contributed by atoms with Crippen molar-refractivity contribution in [2.24, 2.45) is 0 Å². The van der Waals surface area contributed by atoms with Crippen LogP contribution in [0.15, 0.2) is 12.1 Å². The van der Waals surface area contributed by atoms with Gasteiger partial charge < -0.3 is 19.9 Å². The number of nitrogens with one attached hydrogen (secondary N) is 1. The molecule has 1 unspecified atom stereocenters. The van der Waals surface area contributed by atoms with Gasteiger partial charge in [-0.3, -0.25) is 0 Å². The first-order valence-corrected chi connectivity index (χ1v) is 7.68. The third kappa shape index (κ3) is 6.41. The van der Waals surface area contributed by atoms with Gasteiger partial charge in [-0.05, 0) is 25.5 Å². The van der Waals surface area contributed by atoms with Gasteiger partial charge in [-0.1, -0.05) is 30.1 Å². The zero-order chi connectivity index (χ0) is 15.9. The summed E-state index contributed by atoms with van der Waals surface area (Å²) in [5.74, 6) is 0.555. The van der Waals surface area contributed by atoms with E-state index in [9.17, 15) is 5.11 Å². The van der Waals surface area contributed by atoms with Gasteiger partial charge in [0, 0.05) is 30.8 Å². The molecule has 0 heterocycles. The van der Waals surface area contributed by atoms with Crippen LogP contribution in [0.5, 0.6) is 5.75 Å². The second-order valence-electron chi connectivity index (χ2n) is 5.18. The fourth-order valence-corrected chi connectivity index (χ4v) is 2.22. The average Bonchev–Trinajstić information content (AvgIpc) is 2.42. The first kappa shape index (κ1) is 18.5. The summed E-state index contributed by atoms with van der Waals surface area (Å²) >= 11 is 12.2. The van der Waals surface area contributed by atoms with E-state index in [4.69, 9.17) is 32.7 Å². The predicted octanol–water partition coefficient (Wildman–Crippen LogP) is 3.27. The van der Waals surface area contributed by atoms with Crippen molar-refractivity contribution < 1.29 is 14.6 Å². The first-order valence-electron chi connectivity index (χ1n) is 6.92. The lowest BCUT2D eigenvalue weighted by Gasteiger charge is -2.23. The van der Waals surface area contributed by atoms with Crippen LogP contribution in [0.1, 0.15) is 25.8 Å². The summed E-state index contributed by atoms with van der Waals surface area (Å²) in [5.41, 5.74) is -0.0283. The van der Waals surface area contributed by atoms with Crippen molar-refractivity contribution in [2.75, 3.05) is 26.9 Å². The Kier molecular flexibility index (Phi) is 7.77. The molecule has 0 saturated carbocycles. The third-order valence-electron chi connectivity index (χ3n) is 3.17. The molecular weight excluding hydrogens is 313 g/mol. The highest BCUT2D eigenvalue weighted by Gasteiger charge is 2.20. The Bertz CT molecular complexity index is 453. The van der Waals surface area contributed by atoms with Crippen molar-refractivity contribution in [3.8, 4) is 5.75 Å². The van der Waals surface area contributed by atoms with Gasteiger partial charge in [0.15, 0.2) is 0 Å². The SMILES string of the molecule is CCC(C)(O)COc1c(Cl)cc(Cl)cc1CNCCOC. The Morgan fingerprint density at radius 1 is 1.33 bits per heavy atom. The first-order chi connectivity index (χ1) is 9.89. The second kappa shape index (κ2) is 8.81. The summed E-state index contributed by atoms with van der Waals surface area (Å²) in [7, 11) is 1.65. The lowest BCUT2D eigenvalue weighted by Crippen LogP contribution is -2.31. The van der Waals surface area contributed by atoms with Gasteiger partial charge in [0.2, 0.25) is 0 Å².